The van der Waals surface area contributed by atoms with Gasteiger partial charge < -0.3 is 8.92 Å². The van der Waals surface area contributed by atoms with Crippen LogP contribution in [-0.2, 0) is 21.9 Å². The maximum atomic E-state index is 6.09. The molecule has 0 aliphatic heterocycles. The van der Waals surface area contributed by atoms with Crippen LogP contribution in [0.4, 0.5) is 0 Å². The van der Waals surface area contributed by atoms with Gasteiger partial charge in [0.1, 0.15) is 6.61 Å². The highest BCUT2D eigenvalue weighted by molar-refractivity contribution is 8.27. The van der Waals surface area contributed by atoms with Crippen molar-refractivity contribution in [2.75, 3.05) is 25.7 Å². The molecule has 0 aromatic heterocycles. The summed E-state index contributed by atoms with van der Waals surface area (Å²) in [6.07, 6.45) is 8.09. The standard InChI is InChI=1S/C18H23NO2S/c1-4-10-21-14-16-6-8-17-12-15(5-7-18(17)13-16)9-11-22(3,19)20-2/h1,5-8,12-13H,9-11,14,19H2,2-3H3. The van der Waals surface area contributed by atoms with E-state index in [0.29, 0.717) is 13.2 Å². The fraction of sp³-hybridized carbons (Fsp3) is 0.333. The number of rotatable bonds is 7. The van der Waals surface area contributed by atoms with Crippen LogP contribution >= 0.6 is 10.5 Å². The maximum absolute atomic E-state index is 6.09. The summed E-state index contributed by atoms with van der Waals surface area (Å²) >= 11 is 0. The molecule has 0 heterocycles. The minimum Gasteiger partial charge on any atom is -0.364 e. The number of terminal acetylenes is 1. The molecule has 0 aliphatic rings. The lowest BCUT2D eigenvalue weighted by Gasteiger charge is -2.28. The Morgan fingerprint density at radius 1 is 1.14 bits per heavy atom. The van der Waals surface area contributed by atoms with Crippen LogP contribution in [0.15, 0.2) is 36.4 Å². The van der Waals surface area contributed by atoms with E-state index in [1.807, 2.05) is 6.26 Å². The van der Waals surface area contributed by atoms with E-state index in [9.17, 15) is 0 Å². The van der Waals surface area contributed by atoms with E-state index in [2.05, 4.69) is 42.3 Å². The van der Waals surface area contributed by atoms with Gasteiger partial charge in [-0.1, -0.05) is 46.7 Å². The summed E-state index contributed by atoms with van der Waals surface area (Å²) in [5, 5.41) is 8.52. The fourth-order valence-corrected chi connectivity index (χ4v) is 3.03. The first-order chi connectivity index (χ1) is 10.5. The van der Waals surface area contributed by atoms with Gasteiger partial charge in [0.2, 0.25) is 0 Å². The van der Waals surface area contributed by atoms with E-state index >= 15 is 0 Å². The Balaban J connectivity index is 2.08. The highest BCUT2D eigenvalue weighted by Gasteiger charge is 2.10. The number of aryl methyl sites for hydroxylation is 1. The van der Waals surface area contributed by atoms with Gasteiger partial charge in [-0.2, -0.15) is 0 Å². The van der Waals surface area contributed by atoms with Crippen molar-refractivity contribution >= 4 is 21.3 Å². The normalized spacial score (nSPS) is 15.2. The molecule has 0 bridgehead atoms. The Morgan fingerprint density at radius 3 is 2.41 bits per heavy atom. The van der Waals surface area contributed by atoms with Gasteiger partial charge in [-0.25, -0.2) is 0 Å². The van der Waals surface area contributed by atoms with E-state index in [1.165, 1.54) is 16.3 Å². The smallest absolute Gasteiger partial charge is 0.107 e. The zero-order chi connectivity index (χ0) is 16.0. The topological polar surface area (TPSA) is 44.5 Å². The van der Waals surface area contributed by atoms with Crippen molar-refractivity contribution < 1.29 is 8.92 Å². The Morgan fingerprint density at radius 2 is 1.77 bits per heavy atom. The second-order valence-electron chi connectivity index (χ2n) is 5.41. The highest BCUT2D eigenvalue weighted by atomic mass is 32.3. The number of ether oxygens (including phenoxy) is 1. The molecule has 0 saturated heterocycles. The maximum Gasteiger partial charge on any atom is 0.107 e. The van der Waals surface area contributed by atoms with E-state index in [-0.39, 0.29) is 0 Å². The van der Waals surface area contributed by atoms with Gasteiger partial charge in [0.25, 0.3) is 0 Å². The van der Waals surface area contributed by atoms with Gasteiger partial charge in [0, 0.05) is 12.9 Å². The molecule has 2 aromatic rings. The van der Waals surface area contributed by atoms with Crippen LogP contribution in [0.3, 0.4) is 0 Å². The first-order valence-electron chi connectivity index (χ1n) is 7.16. The second kappa shape index (κ2) is 7.66. The van der Waals surface area contributed by atoms with Gasteiger partial charge in [-0.15, -0.1) is 6.42 Å². The molecule has 0 amide bonds. The van der Waals surface area contributed by atoms with Crippen LogP contribution in [0.2, 0.25) is 0 Å². The van der Waals surface area contributed by atoms with E-state index in [1.54, 1.807) is 7.11 Å². The minimum atomic E-state index is -1.42. The number of nitrogens with two attached hydrogens (primary N) is 1. The molecule has 2 aromatic carbocycles. The van der Waals surface area contributed by atoms with Crippen LogP contribution in [0.1, 0.15) is 11.1 Å². The average molecular weight is 317 g/mol. The van der Waals surface area contributed by atoms with Gasteiger partial charge in [0.05, 0.1) is 6.61 Å². The SMILES string of the molecule is C#CCOCc1ccc2cc(CCS(C)(N)OC)ccc2c1. The Bertz CT molecular complexity index is 676. The summed E-state index contributed by atoms with van der Waals surface area (Å²) in [4.78, 5) is 0. The summed E-state index contributed by atoms with van der Waals surface area (Å²) in [7, 11) is 0.257. The summed E-state index contributed by atoms with van der Waals surface area (Å²) in [6.45, 7) is 0.890. The van der Waals surface area contributed by atoms with E-state index < -0.39 is 10.5 Å². The Kier molecular flexibility index (Phi) is 5.87. The Labute approximate surface area is 134 Å². The Hall–Kier alpha value is -1.51. The predicted octanol–water partition coefficient (Wildman–Crippen LogP) is 3.40. The molecule has 0 saturated carbocycles. The molecule has 0 radical (unpaired) electrons. The molecule has 0 fully saturated rings. The van der Waals surface area contributed by atoms with Crippen LogP contribution in [0.5, 0.6) is 0 Å². The summed E-state index contributed by atoms with van der Waals surface area (Å²) in [6, 6.07) is 12.9. The van der Waals surface area contributed by atoms with E-state index in [0.717, 1.165) is 17.7 Å². The first-order valence-corrected chi connectivity index (χ1v) is 9.36. The van der Waals surface area contributed by atoms with Crippen LogP contribution in [0.25, 0.3) is 10.8 Å². The summed E-state index contributed by atoms with van der Waals surface area (Å²) in [5.74, 6) is 3.34. The molecule has 2 rings (SSSR count). The lowest BCUT2D eigenvalue weighted by Crippen LogP contribution is -2.16. The van der Waals surface area contributed by atoms with Gasteiger partial charge in [-0.3, -0.25) is 5.14 Å². The van der Waals surface area contributed by atoms with Crippen molar-refractivity contribution in [1.82, 2.24) is 0 Å². The molecule has 0 spiro atoms. The molecule has 1 unspecified atom stereocenters. The lowest BCUT2D eigenvalue weighted by atomic mass is 10.0. The van der Waals surface area contributed by atoms with E-state index in [4.69, 9.17) is 20.5 Å². The number of fused-ring (bicyclic) bond motifs is 1. The van der Waals surface area contributed by atoms with Crippen molar-refractivity contribution in [2.45, 2.75) is 13.0 Å². The third-order valence-corrected chi connectivity index (χ3v) is 5.38. The molecule has 22 heavy (non-hydrogen) atoms. The quantitative estimate of drug-likeness (QED) is 0.629. The lowest BCUT2D eigenvalue weighted by molar-refractivity contribution is 0.153. The molecule has 3 nitrogen and oxygen atoms in total. The minimum absolute atomic E-state index is 0.344. The van der Waals surface area contributed by atoms with Gasteiger partial charge in [0.15, 0.2) is 0 Å². The fourth-order valence-electron chi connectivity index (χ4n) is 2.22. The first kappa shape index (κ1) is 16.9. The second-order valence-corrected chi connectivity index (χ2v) is 8.29. The van der Waals surface area contributed by atoms with Crippen molar-refractivity contribution in [3.63, 3.8) is 0 Å². The van der Waals surface area contributed by atoms with Gasteiger partial charge >= 0.3 is 0 Å². The van der Waals surface area contributed by atoms with Crippen molar-refractivity contribution in [3.05, 3.63) is 47.5 Å². The number of hydrogen-bond donors (Lipinski definition) is 1. The third-order valence-electron chi connectivity index (χ3n) is 3.60. The monoisotopic (exact) mass is 317 g/mol. The number of benzene rings is 2. The highest BCUT2D eigenvalue weighted by Crippen LogP contribution is 2.35. The average Bonchev–Trinajstić information content (AvgIpc) is 2.53. The summed E-state index contributed by atoms with van der Waals surface area (Å²) < 4.78 is 10.7. The molecule has 0 aliphatic carbocycles. The zero-order valence-electron chi connectivity index (χ0n) is 13.2. The molecular weight excluding hydrogens is 294 g/mol. The molecule has 2 N–H and O–H groups in total. The van der Waals surface area contributed by atoms with Gasteiger partial charge in [-0.05, 0) is 40.6 Å². The number of hydrogen-bond acceptors (Lipinski definition) is 3. The predicted molar refractivity (Wildman–Crippen MR) is 95.7 cm³/mol. The van der Waals surface area contributed by atoms with Crippen molar-refractivity contribution in [2.24, 2.45) is 5.14 Å². The van der Waals surface area contributed by atoms with Crippen molar-refractivity contribution in [1.29, 1.82) is 0 Å². The largest absolute Gasteiger partial charge is 0.364 e. The summed E-state index contributed by atoms with van der Waals surface area (Å²) in [5.41, 5.74) is 2.42. The van der Waals surface area contributed by atoms with Crippen LogP contribution < -0.4 is 5.14 Å². The molecule has 118 valence electrons. The zero-order valence-corrected chi connectivity index (χ0v) is 14.0. The van der Waals surface area contributed by atoms with Crippen molar-refractivity contribution in [3.8, 4) is 12.3 Å². The molecule has 1 atom stereocenters. The third kappa shape index (κ3) is 4.75. The molecular formula is C18H23NO2S. The van der Waals surface area contributed by atoms with Crippen LogP contribution in [0, 0.1) is 12.3 Å². The van der Waals surface area contributed by atoms with Crippen LogP contribution in [-0.4, -0.2) is 25.7 Å². The molecule has 4 heteroatoms.